The van der Waals surface area contributed by atoms with E-state index in [2.05, 4.69) is 19.2 Å². The van der Waals surface area contributed by atoms with Crippen molar-refractivity contribution in [3.8, 4) is 0 Å². The molecule has 1 fully saturated rings. The summed E-state index contributed by atoms with van der Waals surface area (Å²) in [5.74, 6) is -0.0423. The molecule has 3 N–H and O–H groups in total. The van der Waals surface area contributed by atoms with Gasteiger partial charge in [0.25, 0.3) is 0 Å². The third-order valence-electron chi connectivity index (χ3n) is 4.31. The van der Waals surface area contributed by atoms with Crippen molar-refractivity contribution >= 4 is 23.2 Å². The summed E-state index contributed by atoms with van der Waals surface area (Å²) in [6.45, 7) is 7.04. The number of hydrogen-bond donors (Lipinski definition) is 2. The number of carbonyl (C=O) groups is 2. The first-order valence-corrected chi connectivity index (χ1v) is 8.51. The molecule has 1 aliphatic heterocycles. The highest BCUT2D eigenvalue weighted by atomic mass is 32.1. The van der Waals surface area contributed by atoms with Crippen molar-refractivity contribution in [2.45, 2.75) is 45.7 Å². The lowest BCUT2D eigenvalue weighted by molar-refractivity contribution is -0.135. The Morgan fingerprint density at radius 2 is 2.27 bits per heavy atom. The maximum Gasteiger partial charge on any atom is 0.225 e. The lowest BCUT2D eigenvalue weighted by Crippen LogP contribution is -2.54. The molecule has 0 aliphatic carbocycles. The van der Waals surface area contributed by atoms with Gasteiger partial charge >= 0.3 is 0 Å². The van der Waals surface area contributed by atoms with Gasteiger partial charge in [0.05, 0.1) is 12.5 Å². The second-order valence-corrected chi connectivity index (χ2v) is 7.65. The van der Waals surface area contributed by atoms with E-state index in [-0.39, 0.29) is 29.3 Å². The highest BCUT2D eigenvalue weighted by molar-refractivity contribution is 7.10. The topological polar surface area (TPSA) is 75.4 Å². The number of thiophene rings is 1. The second kappa shape index (κ2) is 6.79. The van der Waals surface area contributed by atoms with Gasteiger partial charge in [-0.25, -0.2) is 0 Å². The van der Waals surface area contributed by atoms with Gasteiger partial charge in [0, 0.05) is 30.9 Å². The highest BCUT2D eigenvalue weighted by Gasteiger charge is 2.35. The van der Waals surface area contributed by atoms with Crippen LogP contribution in [0.5, 0.6) is 0 Å². The number of nitrogens with zero attached hydrogens (tertiary/aromatic N) is 1. The minimum atomic E-state index is -0.247. The average Bonchev–Trinajstić information content (AvgIpc) is 2.94. The summed E-state index contributed by atoms with van der Waals surface area (Å²) < 4.78 is 0. The van der Waals surface area contributed by atoms with E-state index in [0.717, 1.165) is 11.3 Å². The molecular weight excluding hydrogens is 298 g/mol. The van der Waals surface area contributed by atoms with E-state index in [0.29, 0.717) is 19.5 Å². The van der Waals surface area contributed by atoms with Crippen molar-refractivity contribution in [3.05, 3.63) is 22.4 Å². The number of rotatable bonds is 4. The third kappa shape index (κ3) is 4.08. The van der Waals surface area contributed by atoms with Crippen molar-refractivity contribution in [1.29, 1.82) is 0 Å². The van der Waals surface area contributed by atoms with Gasteiger partial charge in [0.2, 0.25) is 11.8 Å². The first kappa shape index (κ1) is 17.0. The number of hydrogen-bond acceptors (Lipinski definition) is 4. The SMILES string of the molecule is CC(=O)NC(CC(=O)N1CCC(N)C(C)(C)C1)c1cccs1. The van der Waals surface area contributed by atoms with Gasteiger partial charge in [0.1, 0.15) is 0 Å². The second-order valence-electron chi connectivity index (χ2n) is 6.67. The zero-order chi connectivity index (χ0) is 16.3. The van der Waals surface area contributed by atoms with Crippen LogP contribution in [0.3, 0.4) is 0 Å². The molecule has 2 rings (SSSR count). The highest BCUT2D eigenvalue weighted by Crippen LogP contribution is 2.29. The van der Waals surface area contributed by atoms with Gasteiger partial charge in [-0.2, -0.15) is 0 Å². The molecule has 0 bridgehead atoms. The van der Waals surface area contributed by atoms with Crippen LogP contribution in [-0.4, -0.2) is 35.8 Å². The smallest absolute Gasteiger partial charge is 0.225 e. The Bertz CT molecular complexity index is 528. The van der Waals surface area contributed by atoms with Crippen molar-refractivity contribution < 1.29 is 9.59 Å². The molecule has 2 unspecified atom stereocenters. The maximum atomic E-state index is 12.6. The summed E-state index contributed by atoms with van der Waals surface area (Å²) in [5, 5.41) is 4.84. The Balaban J connectivity index is 2.04. The van der Waals surface area contributed by atoms with Crippen LogP contribution < -0.4 is 11.1 Å². The number of likely N-dealkylation sites (tertiary alicyclic amines) is 1. The van der Waals surface area contributed by atoms with Gasteiger partial charge in [-0.3, -0.25) is 9.59 Å². The fraction of sp³-hybridized carbons (Fsp3) is 0.625. The third-order valence-corrected chi connectivity index (χ3v) is 5.29. The molecular formula is C16H25N3O2S. The Kier molecular flexibility index (Phi) is 5.24. The molecule has 0 radical (unpaired) electrons. The van der Waals surface area contributed by atoms with Crippen molar-refractivity contribution in [2.24, 2.45) is 11.1 Å². The van der Waals surface area contributed by atoms with E-state index in [9.17, 15) is 9.59 Å². The Hall–Kier alpha value is -1.40. The molecule has 5 nitrogen and oxygen atoms in total. The molecule has 0 saturated carbocycles. The van der Waals surface area contributed by atoms with Gasteiger partial charge in [-0.15, -0.1) is 11.3 Å². The number of amides is 2. The van der Waals surface area contributed by atoms with Crippen LogP contribution in [0.15, 0.2) is 17.5 Å². The van der Waals surface area contributed by atoms with Gasteiger partial charge in [-0.1, -0.05) is 19.9 Å². The van der Waals surface area contributed by atoms with Crippen molar-refractivity contribution in [3.63, 3.8) is 0 Å². The molecule has 2 amide bonds. The van der Waals surface area contributed by atoms with E-state index < -0.39 is 0 Å². The molecule has 2 heterocycles. The molecule has 1 aromatic rings. The molecule has 1 aromatic heterocycles. The quantitative estimate of drug-likeness (QED) is 0.888. The fourth-order valence-electron chi connectivity index (χ4n) is 2.85. The first-order chi connectivity index (χ1) is 10.3. The molecule has 0 aromatic carbocycles. The Morgan fingerprint density at radius 3 is 2.82 bits per heavy atom. The van der Waals surface area contributed by atoms with Crippen LogP contribution in [0.1, 0.15) is 44.5 Å². The molecule has 22 heavy (non-hydrogen) atoms. The maximum absolute atomic E-state index is 12.6. The van der Waals surface area contributed by atoms with Gasteiger partial charge in [-0.05, 0) is 23.3 Å². The zero-order valence-corrected chi connectivity index (χ0v) is 14.3. The fourth-order valence-corrected chi connectivity index (χ4v) is 3.63. The van der Waals surface area contributed by atoms with E-state index in [4.69, 9.17) is 5.73 Å². The van der Waals surface area contributed by atoms with Crippen LogP contribution in [0.25, 0.3) is 0 Å². The number of nitrogens with two attached hydrogens (primary N) is 1. The van der Waals surface area contributed by atoms with E-state index in [1.165, 1.54) is 6.92 Å². The predicted molar refractivity (Wildman–Crippen MR) is 88.4 cm³/mol. The molecule has 1 saturated heterocycles. The standard InChI is InChI=1S/C16H25N3O2S/c1-11(20)18-12(13-5-4-8-22-13)9-15(21)19-7-6-14(17)16(2,3)10-19/h4-5,8,12,14H,6-7,9-10,17H2,1-3H3,(H,18,20). The number of carbonyl (C=O) groups excluding carboxylic acids is 2. The molecule has 6 heteroatoms. The van der Waals surface area contributed by atoms with Gasteiger partial charge in [0.15, 0.2) is 0 Å². The van der Waals surface area contributed by atoms with E-state index in [1.54, 1.807) is 11.3 Å². The molecule has 1 aliphatic rings. The first-order valence-electron chi connectivity index (χ1n) is 7.63. The predicted octanol–water partition coefficient (Wildman–Crippen LogP) is 1.90. The average molecular weight is 323 g/mol. The minimum Gasteiger partial charge on any atom is -0.348 e. The van der Waals surface area contributed by atoms with Crippen LogP contribution in [0.4, 0.5) is 0 Å². The van der Waals surface area contributed by atoms with Crippen LogP contribution in [0, 0.1) is 5.41 Å². The Labute approximate surface area is 135 Å². The molecule has 2 atom stereocenters. The van der Waals surface area contributed by atoms with E-state index >= 15 is 0 Å². The summed E-state index contributed by atoms with van der Waals surface area (Å²) in [6.07, 6.45) is 1.12. The zero-order valence-electron chi connectivity index (χ0n) is 13.5. The summed E-state index contributed by atoms with van der Waals surface area (Å²) in [6, 6.07) is 3.76. The minimum absolute atomic E-state index is 0.0691. The summed E-state index contributed by atoms with van der Waals surface area (Å²) >= 11 is 1.56. The molecule has 0 spiro atoms. The lowest BCUT2D eigenvalue weighted by atomic mass is 9.79. The monoisotopic (exact) mass is 323 g/mol. The molecule has 122 valence electrons. The normalized spacial score (nSPS) is 22.2. The van der Waals surface area contributed by atoms with Crippen molar-refractivity contribution in [2.75, 3.05) is 13.1 Å². The number of nitrogens with one attached hydrogen (secondary N) is 1. The van der Waals surface area contributed by atoms with Crippen molar-refractivity contribution in [1.82, 2.24) is 10.2 Å². The summed E-state index contributed by atoms with van der Waals surface area (Å²) in [5.41, 5.74) is 6.06. The number of piperidine rings is 1. The van der Waals surface area contributed by atoms with Crippen LogP contribution in [0.2, 0.25) is 0 Å². The van der Waals surface area contributed by atoms with Crippen LogP contribution >= 0.6 is 11.3 Å². The van der Waals surface area contributed by atoms with Crippen LogP contribution in [-0.2, 0) is 9.59 Å². The van der Waals surface area contributed by atoms with E-state index in [1.807, 2.05) is 22.4 Å². The largest absolute Gasteiger partial charge is 0.348 e. The summed E-state index contributed by atoms with van der Waals surface area (Å²) in [4.78, 5) is 26.9. The lowest BCUT2D eigenvalue weighted by Gasteiger charge is -2.43. The van der Waals surface area contributed by atoms with Gasteiger partial charge < -0.3 is 16.0 Å². The summed E-state index contributed by atoms with van der Waals surface area (Å²) in [7, 11) is 0. The Morgan fingerprint density at radius 1 is 1.55 bits per heavy atom.